The average molecular weight is 493 g/mol. The van der Waals surface area contributed by atoms with E-state index >= 15 is 0 Å². The van der Waals surface area contributed by atoms with Crippen molar-refractivity contribution in [3.05, 3.63) is 12.2 Å². The van der Waals surface area contributed by atoms with E-state index in [9.17, 15) is 9.90 Å². The second kappa shape index (κ2) is 10.1. The highest BCUT2D eigenvalue weighted by atomic mass is 16.6. The Morgan fingerprint density at radius 1 is 0.886 bits per heavy atom. The van der Waals surface area contributed by atoms with Gasteiger partial charge in [-0.05, 0) is 56.9 Å². The molecule has 6 rings (SSSR count). The Kier molecular flexibility index (Phi) is 7.08. The molecule has 0 radical (unpaired) electrons. The van der Waals surface area contributed by atoms with Gasteiger partial charge in [0.2, 0.25) is 0 Å². The largest absolute Gasteiger partial charge is 0.387 e. The summed E-state index contributed by atoms with van der Waals surface area (Å²) in [6, 6.07) is 0. The van der Waals surface area contributed by atoms with Gasteiger partial charge in [0.05, 0.1) is 43.2 Å². The van der Waals surface area contributed by atoms with Gasteiger partial charge in [-0.15, -0.1) is 0 Å². The molecule has 0 bridgehead atoms. The summed E-state index contributed by atoms with van der Waals surface area (Å²) in [5.41, 5.74) is 1.17. The Hall–Kier alpha value is -0.870. The third kappa shape index (κ3) is 5.00. The lowest BCUT2D eigenvalue weighted by Crippen LogP contribution is -2.61. The first kappa shape index (κ1) is 24.5. The maximum Gasteiger partial charge on any atom is 0.135 e. The fraction of sp³-hybridized carbons (Fsp3) is 0.889. The lowest BCUT2D eigenvalue weighted by molar-refractivity contribution is -0.263. The van der Waals surface area contributed by atoms with Crippen LogP contribution in [0.15, 0.2) is 12.2 Å². The topological polar surface area (TPSA) is 92.7 Å². The lowest BCUT2D eigenvalue weighted by atomic mass is 9.87. The molecule has 6 heterocycles. The van der Waals surface area contributed by atoms with Gasteiger partial charge in [-0.3, -0.25) is 4.79 Å². The van der Waals surface area contributed by atoms with E-state index < -0.39 is 18.3 Å². The number of fused-ring (bicyclic) bond motifs is 4. The number of Topliss-reactive ketones (excluding diaryl/α,β-unsaturated/α-hetero) is 1. The molecule has 8 nitrogen and oxygen atoms in total. The van der Waals surface area contributed by atoms with Crippen LogP contribution in [0.3, 0.4) is 0 Å². The molecule has 6 fully saturated rings. The highest BCUT2D eigenvalue weighted by Crippen LogP contribution is 2.44. The van der Waals surface area contributed by atoms with Crippen molar-refractivity contribution in [3.8, 4) is 0 Å². The molecule has 0 spiro atoms. The molecule has 6 saturated heterocycles. The molecule has 0 amide bonds. The summed E-state index contributed by atoms with van der Waals surface area (Å²) in [5.74, 6) is 0.529. The van der Waals surface area contributed by atoms with Crippen LogP contribution in [-0.4, -0.2) is 91.2 Å². The first-order valence-electron chi connectivity index (χ1n) is 13.7. The number of hydrogen-bond acceptors (Lipinski definition) is 8. The lowest BCUT2D eigenvalue weighted by Gasteiger charge is -2.46. The third-order valence-corrected chi connectivity index (χ3v) is 9.01. The van der Waals surface area contributed by atoms with Crippen LogP contribution in [0, 0.1) is 5.92 Å². The quantitative estimate of drug-likeness (QED) is 0.542. The van der Waals surface area contributed by atoms with Crippen LogP contribution < -0.4 is 0 Å². The van der Waals surface area contributed by atoms with Crippen LogP contribution in [0.4, 0.5) is 0 Å². The summed E-state index contributed by atoms with van der Waals surface area (Å²) < 4.78 is 36.7. The van der Waals surface area contributed by atoms with Crippen molar-refractivity contribution in [3.63, 3.8) is 0 Å². The minimum atomic E-state index is -0.773. The van der Waals surface area contributed by atoms with E-state index in [1.165, 1.54) is 5.57 Å². The predicted molar refractivity (Wildman–Crippen MR) is 125 cm³/mol. The van der Waals surface area contributed by atoms with E-state index in [0.717, 1.165) is 51.6 Å². The second-order valence-corrected chi connectivity index (χ2v) is 11.6. The van der Waals surface area contributed by atoms with Crippen LogP contribution in [0.1, 0.15) is 64.7 Å². The number of ketones is 1. The number of ether oxygens (including phenoxy) is 6. The van der Waals surface area contributed by atoms with E-state index in [1.807, 2.05) is 6.92 Å². The van der Waals surface area contributed by atoms with E-state index in [-0.39, 0.29) is 54.6 Å². The zero-order valence-electron chi connectivity index (χ0n) is 20.7. The standard InChI is InChI=1S/C27H40O8/c1-14-9-18(31-13-14)3-4-20-12-22-25(33-20)27-26(35-22)23(29)24-21(34-27)6-5-19(32-24)11-17(28)10-16-7-8-30-15(16)2/h15-16,18-27,29H,1,3-13H2,2H3/t15-,16?,18?,19?,20+,21?,22+,23?,24-,25?,26?,27?/m0/s1. The number of aliphatic hydroxyl groups excluding tert-OH is 1. The van der Waals surface area contributed by atoms with Crippen molar-refractivity contribution in [2.24, 2.45) is 5.92 Å². The molecule has 0 aliphatic carbocycles. The minimum Gasteiger partial charge on any atom is -0.387 e. The van der Waals surface area contributed by atoms with Crippen LogP contribution in [-0.2, 0) is 33.2 Å². The smallest absolute Gasteiger partial charge is 0.135 e. The van der Waals surface area contributed by atoms with Crippen molar-refractivity contribution in [2.75, 3.05) is 13.2 Å². The van der Waals surface area contributed by atoms with Gasteiger partial charge in [-0.1, -0.05) is 6.58 Å². The van der Waals surface area contributed by atoms with Crippen LogP contribution in [0.2, 0.25) is 0 Å². The number of carbonyl (C=O) groups excluding carboxylic acids is 1. The molecular weight excluding hydrogens is 452 g/mol. The molecule has 12 atom stereocenters. The van der Waals surface area contributed by atoms with Gasteiger partial charge in [0.15, 0.2) is 0 Å². The Balaban J connectivity index is 0.996. The second-order valence-electron chi connectivity index (χ2n) is 11.6. The molecule has 6 aliphatic heterocycles. The van der Waals surface area contributed by atoms with Crippen molar-refractivity contribution >= 4 is 5.78 Å². The summed E-state index contributed by atoms with van der Waals surface area (Å²) in [7, 11) is 0. The number of carbonyl (C=O) groups is 1. The van der Waals surface area contributed by atoms with Crippen LogP contribution in [0.25, 0.3) is 0 Å². The zero-order chi connectivity index (χ0) is 24.1. The molecule has 8 unspecified atom stereocenters. The van der Waals surface area contributed by atoms with Gasteiger partial charge in [0.1, 0.15) is 36.3 Å². The van der Waals surface area contributed by atoms with Crippen molar-refractivity contribution in [2.45, 2.75) is 132 Å². The zero-order valence-corrected chi connectivity index (χ0v) is 20.7. The molecule has 6 aliphatic rings. The monoisotopic (exact) mass is 492 g/mol. The normalized spacial score (nSPS) is 49.1. The van der Waals surface area contributed by atoms with E-state index in [1.54, 1.807) is 0 Å². The molecule has 1 N–H and O–H groups in total. The van der Waals surface area contributed by atoms with Gasteiger partial charge < -0.3 is 33.5 Å². The number of hydrogen-bond donors (Lipinski definition) is 1. The van der Waals surface area contributed by atoms with Crippen molar-refractivity contribution in [1.82, 2.24) is 0 Å². The highest BCUT2D eigenvalue weighted by Gasteiger charge is 2.60. The summed E-state index contributed by atoms with van der Waals surface area (Å²) in [6.45, 7) is 7.47. The van der Waals surface area contributed by atoms with Gasteiger partial charge >= 0.3 is 0 Å². The van der Waals surface area contributed by atoms with E-state index in [4.69, 9.17) is 28.4 Å². The summed E-state index contributed by atoms with van der Waals surface area (Å²) in [4.78, 5) is 12.7. The predicted octanol–water partition coefficient (Wildman–Crippen LogP) is 2.49. The Morgan fingerprint density at radius 3 is 2.46 bits per heavy atom. The fourth-order valence-corrected chi connectivity index (χ4v) is 7.05. The first-order chi connectivity index (χ1) is 16.9. The van der Waals surface area contributed by atoms with Gasteiger partial charge in [0, 0.05) is 25.9 Å². The molecule has 0 aromatic heterocycles. The first-order valence-corrected chi connectivity index (χ1v) is 13.7. The average Bonchev–Trinajstić information content (AvgIpc) is 3.59. The van der Waals surface area contributed by atoms with Crippen molar-refractivity contribution < 1.29 is 38.3 Å². The molecule has 196 valence electrons. The molecule has 0 aromatic carbocycles. The van der Waals surface area contributed by atoms with Crippen LogP contribution in [0.5, 0.6) is 0 Å². The Bertz CT molecular complexity index is 802. The van der Waals surface area contributed by atoms with Gasteiger partial charge in [-0.2, -0.15) is 0 Å². The Morgan fingerprint density at radius 2 is 1.69 bits per heavy atom. The van der Waals surface area contributed by atoms with E-state index in [0.29, 0.717) is 25.4 Å². The Labute approximate surface area is 207 Å². The summed E-state index contributed by atoms with van der Waals surface area (Å²) in [6.07, 6.45) is 5.11. The van der Waals surface area contributed by atoms with E-state index in [2.05, 4.69) is 6.58 Å². The number of rotatable bonds is 7. The van der Waals surface area contributed by atoms with Gasteiger partial charge in [0.25, 0.3) is 0 Å². The highest BCUT2D eigenvalue weighted by molar-refractivity contribution is 5.79. The fourth-order valence-electron chi connectivity index (χ4n) is 7.05. The minimum absolute atomic E-state index is 0.0581. The molecule has 0 saturated carbocycles. The SMILES string of the molecule is C=C1COC(CC[C@@H]2C[C@H]3OC4C(OC5CCC(CC(=O)CC6CCO[C@H]6C)O[C@@H]5C4O)C3O2)C1. The molecule has 35 heavy (non-hydrogen) atoms. The molecular formula is C27H40O8. The number of aliphatic hydroxyl groups is 1. The maximum absolute atomic E-state index is 12.7. The van der Waals surface area contributed by atoms with Crippen molar-refractivity contribution in [1.29, 1.82) is 0 Å². The molecule has 8 heteroatoms. The maximum atomic E-state index is 12.7. The van der Waals surface area contributed by atoms with Gasteiger partial charge in [-0.25, -0.2) is 0 Å². The van der Waals surface area contributed by atoms with Crippen LogP contribution >= 0.6 is 0 Å². The molecule has 0 aromatic rings. The summed E-state index contributed by atoms with van der Waals surface area (Å²) >= 11 is 0. The summed E-state index contributed by atoms with van der Waals surface area (Å²) in [5, 5.41) is 11.2. The third-order valence-electron chi connectivity index (χ3n) is 9.01.